The summed E-state index contributed by atoms with van der Waals surface area (Å²) in [5.74, 6) is -0.337. The Balaban J connectivity index is 1.79. The van der Waals surface area contributed by atoms with Gasteiger partial charge in [0.1, 0.15) is 5.60 Å². The van der Waals surface area contributed by atoms with Crippen molar-refractivity contribution in [2.24, 2.45) is 0 Å². The zero-order valence-electron chi connectivity index (χ0n) is 16.5. The second kappa shape index (κ2) is 5.91. The van der Waals surface area contributed by atoms with E-state index >= 15 is 0 Å². The minimum Gasteiger partial charge on any atom is -0.456 e. The second-order valence-corrected chi connectivity index (χ2v) is 8.89. The molecule has 0 saturated heterocycles. The zero-order valence-corrected chi connectivity index (χ0v) is 16.5. The molecule has 5 heteroatoms. The third kappa shape index (κ3) is 3.22. The Kier molecular flexibility index (Phi) is 3.88. The maximum Gasteiger partial charge on any atom is 0.339 e. The van der Waals surface area contributed by atoms with E-state index in [1.807, 2.05) is 43.7 Å². The van der Waals surface area contributed by atoms with Crippen molar-refractivity contribution in [2.75, 3.05) is 0 Å². The largest absolute Gasteiger partial charge is 0.456 e. The molecular weight excluding hydrogens is 338 g/mol. The van der Waals surface area contributed by atoms with Crippen LogP contribution < -0.4 is 0 Å². The van der Waals surface area contributed by atoms with Crippen molar-refractivity contribution in [1.29, 1.82) is 0 Å². The minimum atomic E-state index is -0.543. The number of esters is 1. The molecule has 0 aliphatic heterocycles. The van der Waals surface area contributed by atoms with Crippen LogP contribution in [0.2, 0.25) is 0 Å². The van der Waals surface area contributed by atoms with Gasteiger partial charge in [0.25, 0.3) is 0 Å². The van der Waals surface area contributed by atoms with Crippen LogP contribution in [0.3, 0.4) is 0 Å². The lowest BCUT2D eigenvalue weighted by Crippen LogP contribution is -2.24. The van der Waals surface area contributed by atoms with E-state index in [0.717, 1.165) is 29.4 Å². The number of aromatic nitrogens is 3. The number of hydrogen-bond acceptors (Lipinski definition) is 4. The van der Waals surface area contributed by atoms with Crippen molar-refractivity contribution in [3.8, 4) is 5.69 Å². The van der Waals surface area contributed by atoms with Crippen LogP contribution in [-0.4, -0.2) is 26.3 Å². The lowest BCUT2D eigenvalue weighted by Gasteiger charge is -2.20. The van der Waals surface area contributed by atoms with Gasteiger partial charge in [-0.15, -0.1) is 0 Å². The summed E-state index contributed by atoms with van der Waals surface area (Å²) in [7, 11) is 0. The molecule has 0 radical (unpaired) electrons. The van der Waals surface area contributed by atoms with Gasteiger partial charge in [0.2, 0.25) is 0 Å². The van der Waals surface area contributed by atoms with Gasteiger partial charge in [-0.25, -0.2) is 9.48 Å². The highest BCUT2D eigenvalue weighted by Gasteiger charge is 2.33. The van der Waals surface area contributed by atoms with Gasteiger partial charge in [-0.1, -0.05) is 13.8 Å². The Morgan fingerprint density at radius 1 is 1.22 bits per heavy atom. The minimum absolute atomic E-state index is 0.112. The molecule has 0 bridgehead atoms. The van der Waals surface area contributed by atoms with Crippen molar-refractivity contribution in [1.82, 2.24) is 14.8 Å². The highest BCUT2D eigenvalue weighted by atomic mass is 16.6. The molecule has 1 aliphatic rings. The Morgan fingerprint density at radius 3 is 2.70 bits per heavy atom. The Morgan fingerprint density at radius 2 is 2.00 bits per heavy atom. The van der Waals surface area contributed by atoms with Crippen LogP contribution >= 0.6 is 0 Å². The van der Waals surface area contributed by atoms with Crippen molar-refractivity contribution >= 4 is 16.9 Å². The fourth-order valence-corrected chi connectivity index (χ4v) is 3.65. The number of nitrogens with zero attached hydrogens (tertiary/aromatic N) is 3. The third-order valence-electron chi connectivity index (χ3n) is 5.06. The first-order chi connectivity index (χ1) is 12.6. The molecule has 3 aromatic rings. The first-order valence-electron chi connectivity index (χ1n) is 9.36. The summed E-state index contributed by atoms with van der Waals surface area (Å²) in [6.45, 7) is 10.1. The summed E-state index contributed by atoms with van der Waals surface area (Å²) in [6, 6.07) is 7.60. The molecule has 5 nitrogen and oxygen atoms in total. The molecular formula is C22H25N3O2. The molecule has 2 aromatic heterocycles. The predicted octanol–water partition coefficient (Wildman–Crippen LogP) is 4.60. The van der Waals surface area contributed by atoms with Crippen molar-refractivity contribution in [3.05, 3.63) is 53.5 Å². The van der Waals surface area contributed by atoms with Gasteiger partial charge in [-0.2, -0.15) is 5.10 Å². The van der Waals surface area contributed by atoms with Crippen LogP contribution in [0.4, 0.5) is 0 Å². The van der Waals surface area contributed by atoms with E-state index in [2.05, 4.69) is 25.0 Å². The summed E-state index contributed by atoms with van der Waals surface area (Å²) in [5, 5.41) is 5.61. The topological polar surface area (TPSA) is 57.0 Å². The van der Waals surface area contributed by atoms with E-state index in [4.69, 9.17) is 9.84 Å². The number of pyridine rings is 1. The number of carbonyl (C=O) groups is 1. The molecule has 0 saturated carbocycles. The molecule has 1 aliphatic carbocycles. The third-order valence-corrected chi connectivity index (χ3v) is 5.06. The summed E-state index contributed by atoms with van der Waals surface area (Å²) in [6.07, 6.45) is 5.94. The average molecular weight is 363 g/mol. The molecule has 0 unspecified atom stereocenters. The van der Waals surface area contributed by atoms with Crippen molar-refractivity contribution in [3.63, 3.8) is 0 Å². The van der Waals surface area contributed by atoms with Gasteiger partial charge in [0, 0.05) is 23.2 Å². The zero-order chi connectivity index (χ0) is 19.4. The maximum absolute atomic E-state index is 12.6. The van der Waals surface area contributed by atoms with Crippen LogP contribution in [0.5, 0.6) is 0 Å². The van der Waals surface area contributed by atoms with Crippen LogP contribution in [0.1, 0.15) is 62.7 Å². The number of fused-ring (bicyclic) bond motifs is 2. The molecule has 27 heavy (non-hydrogen) atoms. The van der Waals surface area contributed by atoms with Crippen LogP contribution in [0, 0.1) is 0 Å². The Hall–Kier alpha value is -2.69. The summed E-state index contributed by atoms with van der Waals surface area (Å²) in [5.41, 5.74) is 4.25. The molecule has 0 atom stereocenters. The van der Waals surface area contributed by atoms with Gasteiger partial charge in [0.05, 0.1) is 22.5 Å². The normalized spacial score (nSPS) is 15.7. The summed E-state index contributed by atoms with van der Waals surface area (Å²) < 4.78 is 7.48. The number of benzene rings is 1. The summed E-state index contributed by atoms with van der Waals surface area (Å²) >= 11 is 0. The van der Waals surface area contributed by atoms with Gasteiger partial charge >= 0.3 is 5.97 Å². The number of ether oxygens (including phenoxy) is 1. The quantitative estimate of drug-likeness (QED) is 0.625. The van der Waals surface area contributed by atoms with E-state index in [1.165, 1.54) is 11.3 Å². The SMILES string of the molecule is CC(C)(C)OC(=O)c1ccnc2ccc(-n3cc4c(n3)C(C)(C)CC4)cc12. The van der Waals surface area contributed by atoms with Crippen LogP contribution in [0.25, 0.3) is 16.6 Å². The fourth-order valence-electron chi connectivity index (χ4n) is 3.65. The van der Waals surface area contributed by atoms with Gasteiger partial charge < -0.3 is 4.74 Å². The second-order valence-electron chi connectivity index (χ2n) is 8.89. The first kappa shape index (κ1) is 17.7. The standard InChI is InChI=1S/C22H25N3O2/c1-21(2,3)27-20(26)16-9-11-23-18-7-6-15(12-17(16)18)25-13-14-8-10-22(4,5)19(14)24-25/h6-7,9,11-13H,8,10H2,1-5H3. The van der Waals surface area contributed by atoms with Crippen LogP contribution in [0.15, 0.2) is 36.7 Å². The van der Waals surface area contributed by atoms with Crippen LogP contribution in [-0.2, 0) is 16.6 Å². The van der Waals surface area contributed by atoms with E-state index in [-0.39, 0.29) is 11.4 Å². The van der Waals surface area contributed by atoms with Gasteiger partial charge in [-0.3, -0.25) is 4.98 Å². The number of aryl methyl sites for hydroxylation is 1. The lowest BCUT2D eigenvalue weighted by molar-refractivity contribution is 0.00718. The molecule has 0 spiro atoms. The molecule has 2 heterocycles. The smallest absolute Gasteiger partial charge is 0.339 e. The number of hydrogen-bond donors (Lipinski definition) is 0. The monoisotopic (exact) mass is 363 g/mol. The van der Waals surface area contributed by atoms with Crippen molar-refractivity contribution < 1.29 is 9.53 Å². The molecule has 0 N–H and O–H groups in total. The molecule has 0 fully saturated rings. The van der Waals surface area contributed by atoms with E-state index in [9.17, 15) is 4.79 Å². The van der Waals surface area contributed by atoms with E-state index in [1.54, 1.807) is 12.3 Å². The van der Waals surface area contributed by atoms with Gasteiger partial charge in [-0.05, 0) is 63.4 Å². The fraction of sp³-hybridized carbons (Fsp3) is 0.409. The highest BCUT2D eigenvalue weighted by molar-refractivity contribution is 6.03. The van der Waals surface area contributed by atoms with E-state index in [0.29, 0.717) is 5.56 Å². The average Bonchev–Trinajstić information content (AvgIpc) is 3.13. The highest BCUT2D eigenvalue weighted by Crippen LogP contribution is 2.37. The number of carbonyl (C=O) groups excluding carboxylic acids is 1. The Labute approximate surface area is 159 Å². The predicted molar refractivity (Wildman–Crippen MR) is 105 cm³/mol. The summed E-state index contributed by atoms with van der Waals surface area (Å²) in [4.78, 5) is 17.0. The van der Waals surface area contributed by atoms with Gasteiger partial charge in [0.15, 0.2) is 0 Å². The van der Waals surface area contributed by atoms with E-state index < -0.39 is 5.60 Å². The lowest BCUT2D eigenvalue weighted by atomic mass is 9.91. The Bertz CT molecular complexity index is 1040. The maximum atomic E-state index is 12.6. The molecule has 4 rings (SSSR count). The molecule has 0 amide bonds. The molecule has 1 aromatic carbocycles. The first-order valence-corrected chi connectivity index (χ1v) is 9.36. The number of rotatable bonds is 2. The van der Waals surface area contributed by atoms with Crippen molar-refractivity contribution in [2.45, 2.75) is 58.5 Å². The molecule has 140 valence electrons.